The SMILES string of the molecule is CCc1ccc(Oc2ccc(C3[C@H](O)CN(C(=O)[C@@H](N)CC(C)C)C[C@@H]3OCc3ccc4c(c3)N(CCCOC)CCO4)cc2)cc1. The number of ether oxygens (including phenoxy) is 4. The number of hydrogen-bond acceptors (Lipinski definition) is 8. The van der Waals surface area contributed by atoms with Crippen molar-refractivity contribution in [3.8, 4) is 17.2 Å². The smallest absolute Gasteiger partial charge is 0.239 e. The molecule has 2 aliphatic rings. The van der Waals surface area contributed by atoms with Crippen molar-refractivity contribution in [1.82, 2.24) is 4.90 Å². The summed E-state index contributed by atoms with van der Waals surface area (Å²) in [4.78, 5) is 17.4. The van der Waals surface area contributed by atoms with Gasteiger partial charge in [-0.25, -0.2) is 0 Å². The molecule has 9 nitrogen and oxygen atoms in total. The van der Waals surface area contributed by atoms with Crippen LogP contribution in [0.5, 0.6) is 17.2 Å². The van der Waals surface area contributed by atoms with Crippen LogP contribution in [0, 0.1) is 5.92 Å². The fraction of sp³-hybridized carbons (Fsp3) is 0.500. The van der Waals surface area contributed by atoms with E-state index >= 15 is 0 Å². The zero-order chi connectivity index (χ0) is 33.3. The third-order valence-corrected chi connectivity index (χ3v) is 9.03. The Morgan fingerprint density at radius 1 is 1.02 bits per heavy atom. The zero-order valence-electron chi connectivity index (χ0n) is 28.3. The van der Waals surface area contributed by atoms with Crippen molar-refractivity contribution in [2.75, 3.05) is 51.4 Å². The number of aryl methyl sites for hydroxylation is 1. The number of carbonyl (C=O) groups is 1. The molecule has 3 aromatic rings. The number of nitrogens with zero attached hydrogens (tertiary/aromatic N) is 2. The molecule has 0 bridgehead atoms. The van der Waals surface area contributed by atoms with E-state index in [-0.39, 0.29) is 24.3 Å². The summed E-state index contributed by atoms with van der Waals surface area (Å²) in [6.07, 6.45) is 1.21. The molecule has 2 heterocycles. The second-order valence-corrected chi connectivity index (χ2v) is 13.1. The third kappa shape index (κ3) is 9.05. The second kappa shape index (κ2) is 16.5. The van der Waals surface area contributed by atoms with Gasteiger partial charge in [-0.1, -0.05) is 51.1 Å². The van der Waals surface area contributed by atoms with Gasteiger partial charge in [-0.05, 0) is 78.3 Å². The highest BCUT2D eigenvalue weighted by molar-refractivity contribution is 5.82. The molecule has 5 rings (SSSR count). The monoisotopic (exact) mass is 645 g/mol. The lowest BCUT2D eigenvalue weighted by molar-refractivity contribution is -0.143. The lowest BCUT2D eigenvalue weighted by atomic mass is 9.84. The van der Waals surface area contributed by atoms with Crippen LogP contribution in [0.4, 0.5) is 5.69 Å². The van der Waals surface area contributed by atoms with Gasteiger partial charge in [0.25, 0.3) is 0 Å². The number of amides is 1. The predicted octanol–water partition coefficient (Wildman–Crippen LogP) is 5.52. The largest absolute Gasteiger partial charge is 0.490 e. The van der Waals surface area contributed by atoms with E-state index in [1.54, 1.807) is 12.0 Å². The number of carbonyl (C=O) groups excluding carboxylic acids is 1. The van der Waals surface area contributed by atoms with E-state index in [2.05, 4.69) is 43.9 Å². The van der Waals surface area contributed by atoms with Crippen LogP contribution in [0.1, 0.15) is 56.2 Å². The van der Waals surface area contributed by atoms with Crippen LogP contribution in [0.3, 0.4) is 0 Å². The maximum Gasteiger partial charge on any atom is 0.239 e. The number of aliphatic hydroxyl groups excluding tert-OH is 1. The highest BCUT2D eigenvalue weighted by Gasteiger charge is 2.40. The molecule has 0 aromatic heterocycles. The van der Waals surface area contributed by atoms with Gasteiger partial charge in [0.15, 0.2) is 0 Å². The Morgan fingerprint density at radius 3 is 2.40 bits per heavy atom. The highest BCUT2D eigenvalue weighted by atomic mass is 16.5. The number of piperidine rings is 1. The van der Waals surface area contributed by atoms with Crippen molar-refractivity contribution in [3.05, 3.63) is 83.4 Å². The van der Waals surface area contributed by atoms with Gasteiger partial charge in [0.2, 0.25) is 5.91 Å². The van der Waals surface area contributed by atoms with E-state index in [4.69, 9.17) is 24.7 Å². The van der Waals surface area contributed by atoms with Crippen molar-refractivity contribution < 1.29 is 28.8 Å². The van der Waals surface area contributed by atoms with Crippen LogP contribution in [0.15, 0.2) is 66.7 Å². The maximum atomic E-state index is 13.4. The molecule has 254 valence electrons. The van der Waals surface area contributed by atoms with Gasteiger partial charge in [-0.2, -0.15) is 0 Å². The molecule has 9 heteroatoms. The van der Waals surface area contributed by atoms with Gasteiger partial charge in [0.1, 0.15) is 23.9 Å². The Morgan fingerprint density at radius 2 is 1.72 bits per heavy atom. The number of rotatable bonds is 14. The highest BCUT2D eigenvalue weighted by Crippen LogP contribution is 2.36. The van der Waals surface area contributed by atoms with Crippen LogP contribution in [0.25, 0.3) is 0 Å². The van der Waals surface area contributed by atoms with Crippen LogP contribution >= 0.6 is 0 Å². The fourth-order valence-corrected chi connectivity index (χ4v) is 6.54. The summed E-state index contributed by atoms with van der Waals surface area (Å²) in [6, 6.07) is 21.4. The first-order valence-electron chi connectivity index (χ1n) is 17.0. The van der Waals surface area contributed by atoms with Gasteiger partial charge in [0, 0.05) is 39.3 Å². The molecule has 3 aromatic carbocycles. The quantitative estimate of drug-likeness (QED) is 0.221. The molecule has 47 heavy (non-hydrogen) atoms. The van der Waals surface area contributed by atoms with Crippen molar-refractivity contribution in [3.63, 3.8) is 0 Å². The van der Waals surface area contributed by atoms with Gasteiger partial charge >= 0.3 is 0 Å². The Hall–Kier alpha value is -3.63. The standard InChI is InChI=1S/C38H51N3O6/c1-5-27-7-12-30(13-8-27)47-31-14-10-29(11-15-31)37-34(42)23-41(38(43)32(39)21-26(2)3)24-36(37)46-25-28-9-16-35-33(22-28)40(18-20-45-35)17-6-19-44-4/h7-16,22,26,32,34,36-37,42H,5-6,17-21,23-25,39H2,1-4H3/t32-,34+,36-,37?/m0/s1. The van der Waals surface area contributed by atoms with Crippen molar-refractivity contribution in [2.24, 2.45) is 11.7 Å². The molecule has 0 saturated carbocycles. The molecule has 4 atom stereocenters. The van der Waals surface area contributed by atoms with Crippen LogP contribution < -0.4 is 20.1 Å². The minimum atomic E-state index is -0.828. The van der Waals surface area contributed by atoms with Crippen LogP contribution in [-0.4, -0.2) is 80.7 Å². The number of anilines is 1. The Balaban J connectivity index is 1.34. The second-order valence-electron chi connectivity index (χ2n) is 13.1. The number of benzene rings is 3. The number of β-amino-alcohol motifs (C(OH)–C–C–N with tert-alkyl or cyclic N) is 1. The molecule has 2 aliphatic heterocycles. The van der Waals surface area contributed by atoms with Gasteiger partial charge in [0.05, 0.1) is 37.1 Å². The minimum Gasteiger partial charge on any atom is -0.490 e. The molecule has 1 saturated heterocycles. The summed E-state index contributed by atoms with van der Waals surface area (Å²) in [5.74, 6) is 2.14. The Bertz CT molecular complexity index is 1430. The molecule has 1 amide bonds. The number of aliphatic hydroxyl groups is 1. The third-order valence-electron chi connectivity index (χ3n) is 9.03. The van der Waals surface area contributed by atoms with Crippen LogP contribution in [0.2, 0.25) is 0 Å². The van der Waals surface area contributed by atoms with Crippen molar-refractivity contribution in [2.45, 2.75) is 70.8 Å². The van der Waals surface area contributed by atoms with E-state index in [1.807, 2.05) is 48.5 Å². The normalized spacial score (nSPS) is 20.1. The fourth-order valence-electron chi connectivity index (χ4n) is 6.54. The van der Waals surface area contributed by atoms with Crippen molar-refractivity contribution >= 4 is 11.6 Å². The predicted molar refractivity (Wildman–Crippen MR) is 184 cm³/mol. The van der Waals surface area contributed by atoms with Gasteiger partial charge in [-0.3, -0.25) is 4.79 Å². The van der Waals surface area contributed by atoms with Gasteiger partial charge < -0.3 is 39.6 Å². The first-order valence-corrected chi connectivity index (χ1v) is 17.0. The van der Waals surface area contributed by atoms with E-state index in [9.17, 15) is 9.90 Å². The van der Waals surface area contributed by atoms with Gasteiger partial charge in [-0.15, -0.1) is 0 Å². The molecular formula is C38H51N3O6. The van der Waals surface area contributed by atoms with Crippen LogP contribution in [-0.2, 0) is 27.3 Å². The average molecular weight is 646 g/mol. The number of hydrogen-bond donors (Lipinski definition) is 2. The molecule has 0 radical (unpaired) electrons. The number of likely N-dealkylation sites (tertiary alicyclic amines) is 1. The lowest BCUT2D eigenvalue weighted by Gasteiger charge is -2.42. The summed E-state index contributed by atoms with van der Waals surface area (Å²) in [7, 11) is 1.72. The first-order chi connectivity index (χ1) is 22.7. The maximum absolute atomic E-state index is 13.4. The van der Waals surface area contributed by atoms with E-state index < -0.39 is 18.2 Å². The summed E-state index contributed by atoms with van der Waals surface area (Å²) in [5, 5.41) is 11.5. The molecule has 1 unspecified atom stereocenters. The number of methoxy groups -OCH3 is 1. The molecule has 0 spiro atoms. The minimum absolute atomic E-state index is 0.153. The lowest BCUT2D eigenvalue weighted by Crippen LogP contribution is -2.57. The summed E-state index contributed by atoms with van der Waals surface area (Å²) in [5.41, 5.74) is 10.5. The first kappa shape index (κ1) is 34.7. The van der Waals surface area contributed by atoms with E-state index in [0.29, 0.717) is 38.5 Å². The zero-order valence-corrected chi connectivity index (χ0v) is 28.3. The molecular weight excluding hydrogens is 594 g/mol. The van der Waals surface area contributed by atoms with E-state index in [1.165, 1.54) is 5.56 Å². The van der Waals surface area contributed by atoms with E-state index in [0.717, 1.165) is 54.2 Å². The topological polar surface area (TPSA) is 107 Å². The Kier molecular flexibility index (Phi) is 12.2. The number of fused-ring (bicyclic) bond motifs is 1. The number of nitrogens with two attached hydrogens (primary N) is 1. The average Bonchev–Trinajstić information content (AvgIpc) is 3.07. The molecule has 1 fully saturated rings. The Labute approximate surface area is 279 Å². The van der Waals surface area contributed by atoms with Crippen molar-refractivity contribution in [1.29, 1.82) is 0 Å². The molecule has 0 aliphatic carbocycles. The summed E-state index contributed by atoms with van der Waals surface area (Å²) >= 11 is 0. The molecule has 3 N–H and O–H groups in total. The summed E-state index contributed by atoms with van der Waals surface area (Å²) in [6.45, 7) is 10.1. The summed E-state index contributed by atoms with van der Waals surface area (Å²) < 4.78 is 23.9.